The van der Waals surface area contributed by atoms with Crippen LogP contribution in [0.1, 0.15) is 5.69 Å². The van der Waals surface area contributed by atoms with E-state index in [9.17, 15) is 4.79 Å². The van der Waals surface area contributed by atoms with Crippen molar-refractivity contribution in [2.75, 3.05) is 31.1 Å². The summed E-state index contributed by atoms with van der Waals surface area (Å²) in [6.45, 7) is 3.81. The van der Waals surface area contributed by atoms with Gasteiger partial charge in [-0.1, -0.05) is 0 Å². The minimum absolute atomic E-state index is 0.158. The van der Waals surface area contributed by atoms with Crippen LogP contribution in [0, 0.1) is 0 Å². The van der Waals surface area contributed by atoms with Gasteiger partial charge >= 0.3 is 0 Å². The number of carbonyl (C=O) groups excluding carboxylic acids is 1. The summed E-state index contributed by atoms with van der Waals surface area (Å²) in [7, 11) is 0. The molecule has 3 heterocycles. The Kier molecular flexibility index (Phi) is 3.04. The van der Waals surface area contributed by atoms with Gasteiger partial charge in [0.2, 0.25) is 5.91 Å². The van der Waals surface area contributed by atoms with Crippen molar-refractivity contribution in [1.82, 2.24) is 20.5 Å². The Morgan fingerprint density at radius 1 is 1.37 bits per heavy atom. The van der Waals surface area contributed by atoms with Gasteiger partial charge < -0.3 is 16.0 Å². The summed E-state index contributed by atoms with van der Waals surface area (Å²) < 4.78 is 0. The Hall–Kier alpha value is -2.15. The number of aromatic nitrogens is 3. The lowest BCUT2D eigenvalue weighted by Gasteiger charge is -2.28. The molecular weight excluding hydrogens is 244 g/mol. The molecule has 0 radical (unpaired) electrons. The first-order valence-electron chi connectivity index (χ1n) is 6.32. The molecule has 0 saturated carbocycles. The number of nitrogens with one attached hydrogen (secondary N) is 2. The second-order valence-corrected chi connectivity index (χ2v) is 4.62. The highest BCUT2D eigenvalue weighted by Crippen LogP contribution is 2.19. The van der Waals surface area contributed by atoms with Crippen molar-refractivity contribution < 1.29 is 4.79 Å². The topological polar surface area (TPSA) is 99.9 Å². The molecule has 1 aliphatic heterocycles. The Bertz CT molecular complexity index is 601. The predicted octanol–water partition coefficient (Wildman–Crippen LogP) is -0.605. The number of nitrogens with zero attached hydrogens (tertiary/aromatic N) is 3. The van der Waals surface area contributed by atoms with Crippen LogP contribution in [0.25, 0.3) is 11.0 Å². The van der Waals surface area contributed by atoms with Crippen molar-refractivity contribution in [1.29, 1.82) is 0 Å². The van der Waals surface area contributed by atoms with Gasteiger partial charge in [-0.25, -0.2) is 4.98 Å². The molecule has 1 aliphatic rings. The molecule has 1 fully saturated rings. The molecule has 7 nitrogen and oxygen atoms in total. The van der Waals surface area contributed by atoms with Gasteiger partial charge in [0.05, 0.1) is 12.1 Å². The van der Waals surface area contributed by atoms with Crippen LogP contribution in [-0.4, -0.2) is 47.3 Å². The molecule has 3 rings (SSSR count). The molecule has 0 bridgehead atoms. The van der Waals surface area contributed by atoms with Crippen LogP contribution in [0.3, 0.4) is 0 Å². The maximum atomic E-state index is 11.0. The number of hydrogen-bond acceptors (Lipinski definition) is 5. The maximum absolute atomic E-state index is 11.0. The van der Waals surface area contributed by atoms with Crippen LogP contribution in [0.2, 0.25) is 0 Å². The Balaban J connectivity index is 1.91. The molecule has 0 unspecified atom stereocenters. The highest BCUT2D eigenvalue weighted by atomic mass is 16.1. The average molecular weight is 260 g/mol. The summed E-state index contributed by atoms with van der Waals surface area (Å²) in [6.07, 6.45) is 0.158. The fraction of sp³-hybridized carbons (Fsp3) is 0.417. The van der Waals surface area contributed by atoms with Crippen LogP contribution in [0.15, 0.2) is 12.1 Å². The smallest absolute Gasteiger partial charge is 0.223 e. The molecule has 4 N–H and O–H groups in total. The number of fused-ring (bicyclic) bond motifs is 1. The van der Waals surface area contributed by atoms with E-state index in [1.54, 1.807) is 0 Å². The molecule has 2 aromatic rings. The molecule has 19 heavy (non-hydrogen) atoms. The molecule has 1 saturated heterocycles. The number of carbonyl (C=O) groups is 1. The van der Waals surface area contributed by atoms with E-state index in [4.69, 9.17) is 5.73 Å². The highest BCUT2D eigenvalue weighted by molar-refractivity contribution is 5.85. The largest absolute Gasteiger partial charge is 0.369 e. The number of H-pyrrole nitrogens is 1. The van der Waals surface area contributed by atoms with Crippen LogP contribution < -0.4 is 16.0 Å². The van der Waals surface area contributed by atoms with Crippen molar-refractivity contribution in [3.63, 3.8) is 0 Å². The fourth-order valence-electron chi connectivity index (χ4n) is 2.32. The number of pyridine rings is 1. The van der Waals surface area contributed by atoms with Crippen LogP contribution in [0.5, 0.6) is 0 Å². The number of aromatic amines is 1. The molecule has 0 spiro atoms. The molecule has 0 aliphatic carbocycles. The summed E-state index contributed by atoms with van der Waals surface area (Å²) in [4.78, 5) is 17.7. The van der Waals surface area contributed by atoms with E-state index in [-0.39, 0.29) is 12.3 Å². The number of amides is 1. The van der Waals surface area contributed by atoms with Gasteiger partial charge in [0, 0.05) is 31.6 Å². The number of anilines is 1. The molecule has 100 valence electrons. The Morgan fingerprint density at radius 2 is 2.16 bits per heavy atom. The third-order valence-electron chi connectivity index (χ3n) is 3.27. The first kappa shape index (κ1) is 11.9. The van der Waals surface area contributed by atoms with E-state index in [1.807, 2.05) is 12.1 Å². The zero-order valence-corrected chi connectivity index (χ0v) is 10.5. The van der Waals surface area contributed by atoms with E-state index in [0.29, 0.717) is 5.65 Å². The predicted molar refractivity (Wildman–Crippen MR) is 71.9 cm³/mol. The fourth-order valence-corrected chi connectivity index (χ4v) is 2.32. The van der Waals surface area contributed by atoms with Gasteiger partial charge in [-0.15, -0.1) is 0 Å². The lowest BCUT2D eigenvalue weighted by atomic mass is 10.2. The Morgan fingerprint density at radius 3 is 2.89 bits per heavy atom. The second-order valence-electron chi connectivity index (χ2n) is 4.62. The normalized spacial score (nSPS) is 15.9. The van der Waals surface area contributed by atoms with E-state index in [2.05, 4.69) is 25.4 Å². The van der Waals surface area contributed by atoms with Gasteiger partial charge in [-0.05, 0) is 12.1 Å². The third-order valence-corrected chi connectivity index (χ3v) is 3.27. The van der Waals surface area contributed by atoms with Gasteiger partial charge in [0.15, 0.2) is 5.65 Å². The molecule has 0 aromatic carbocycles. The van der Waals surface area contributed by atoms with Gasteiger partial charge in [0.25, 0.3) is 0 Å². The van der Waals surface area contributed by atoms with Crippen molar-refractivity contribution in [3.8, 4) is 0 Å². The first-order valence-corrected chi connectivity index (χ1v) is 6.32. The van der Waals surface area contributed by atoms with Gasteiger partial charge in [-0.2, -0.15) is 5.10 Å². The minimum Gasteiger partial charge on any atom is -0.369 e. The van der Waals surface area contributed by atoms with Gasteiger partial charge in [0.1, 0.15) is 5.82 Å². The molecule has 2 aromatic heterocycles. The SMILES string of the molecule is NC(=O)Cc1[nH]nc2nc(N3CCNCC3)ccc12. The van der Waals surface area contributed by atoms with E-state index >= 15 is 0 Å². The van der Waals surface area contributed by atoms with Crippen molar-refractivity contribution in [2.45, 2.75) is 6.42 Å². The summed E-state index contributed by atoms with van der Waals surface area (Å²) in [5.74, 6) is 0.544. The second kappa shape index (κ2) is 4.85. The number of nitrogens with two attached hydrogens (primary N) is 1. The van der Waals surface area contributed by atoms with Crippen molar-refractivity contribution >= 4 is 22.8 Å². The monoisotopic (exact) mass is 260 g/mol. The van der Waals surface area contributed by atoms with E-state index < -0.39 is 0 Å². The molecular formula is C12H16N6O. The zero-order chi connectivity index (χ0) is 13.2. The lowest BCUT2D eigenvalue weighted by Crippen LogP contribution is -2.43. The number of hydrogen-bond donors (Lipinski definition) is 3. The first-order chi connectivity index (χ1) is 9.24. The zero-order valence-electron chi connectivity index (χ0n) is 10.5. The summed E-state index contributed by atoms with van der Waals surface area (Å²) in [5.41, 5.74) is 6.55. The van der Waals surface area contributed by atoms with Gasteiger partial charge in [-0.3, -0.25) is 9.89 Å². The minimum atomic E-state index is -0.378. The standard InChI is InChI=1S/C12H16N6O/c13-10(19)7-9-8-1-2-11(15-12(8)17-16-9)18-5-3-14-4-6-18/h1-2,14H,3-7H2,(H2,13,19)(H,15,16,17). The van der Waals surface area contributed by atoms with E-state index in [0.717, 1.165) is 43.1 Å². The van der Waals surface area contributed by atoms with Crippen molar-refractivity contribution in [3.05, 3.63) is 17.8 Å². The van der Waals surface area contributed by atoms with Crippen LogP contribution in [0.4, 0.5) is 5.82 Å². The molecule has 1 amide bonds. The van der Waals surface area contributed by atoms with Crippen molar-refractivity contribution in [2.24, 2.45) is 5.73 Å². The molecule has 0 atom stereocenters. The summed E-state index contributed by atoms with van der Waals surface area (Å²) in [5, 5.41) is 11.1. The third kappa shape index (κ3) is 2.37. The highest BCUT2D eigenvalue weighted by Gasteiger charge is 2.14. The molecule has 7 heteroatoms. The lowest BCUT2D eigenvalue weighted by molar-refractivity contribution is -0.117. The summed E-state index contributed by atoms with van der Waals surface area (Å²) in [6, 6.07) is 3.91. The number of piperazine rings is 1. The Labute approximate surface area is 110 Å². The maximum Gasteiger partial charge on any atom is 0.223 e. The van der Waals surface area contributed by atoms with E-state index in [1.165, 1.54) is 0 Å². The quantitative estimate of drug-likeness (QED) is 0.684. The number of rotatable bonds is 3. The average Bonchev–Trinajstić information content (AvgIpc) is 2.81. The van der Waals surface area contributed by atoms with Crippen LogP contribution >= 0.6 is 0 Å². The van der Waals surface area contributed by atoms with Crippen LogP contribution in [-0.2, 0) is 11.2 Å². The number of primary amides is 1. The summed E-state index contributed by atoms with van der Waals surface area (Å²) >= 11 is 0.